The molecule has 1 unspecified atom stereocenters. The summed E-state index contributed by atoms with van der Waals surface area (Å²) in [6, 6.07) is 22.2. The molecule has 0 spiro atoms. The number of hydrogen-bond acceptors (Lipinski definition) is 5. The lowest BCUT2D eigenvalue weighted by molar-refractivity contribution is 0.178. The maximum atomic E-state index is 10.8. The molecule has 0 bridgehead atoms. The van der Waals surface area contributed by atoms with Crippen molar-refractivity contribution in [1.29, 1.82) is 0 Å². The molecule has 32 heavy (non-hydrogen) atoms. The first-order chi connectivity index (χ1) is 15.7. The Morgan fingerprint density at radius 3 is 2.62 bits per heavy atom. The van der Waals surface area contributed by atoms with Crippen LogP contribution in [0.25, 0.3) is 0 Å². The predicted octanol–water partition coefficient (Wildman–Crippen LogP) is 4.76. The van der Waals surface area contributed by atoms with Crippen molar-refractivity contribution in [3.8, 4) is 17.2 Å². The van der Waals surface area contributed by atoms with Gasteiger partial charge in [-0.2, -0.15) is 0 Å². The van der Waals surface area contributed by atoms with Gasteiger partial charge in [-0.1, -0.05) is 42.5 Å². The van der Waals surface area contributed by atoms with Gasteiger partial charge in [0.1, 0.15) is 12.4 Å². The third-order valence-corrected chi connectivity index (χ3v) is 5.73. The topological polar surface area (TPSA) is 51.2 Å². The molecule has 168 valence electrons. The number of ether oxygens (including phenoxy) is 3. The van der Waals surface area contributed by atoms with E-state index in [0.29, 0.717) is 19.6 Å². The van der Waals surface area contributed by atoms with Crippen LogP contribution < -0.4 is 14.2 Å². The second-order valence-corrected chi connectivity index (χ2v) is 8.05. The molecule has 4 rings (SSSR count). The maximum Gasteiger partial charge on any atom is 0.161 e. The fraction of sp³-hybridized carbons (Fsp3) is 0.333. The number of fused-ring (bicyclic) bond motifs is 1. The Morgan fingerprint density at radius 2 is 1.84 bits per heavy atom. The van der Waals surface area contributed by atoms with Gasteiger partial charge in [-0.3, -0.25) is 4.90 Å². The zero-order chi connectivity index (χ0) is 22.3. The molecule has 0 aromatic heterocycles. The van der Waals surface area contributed by atoms with E-state index in [-0.39, 0.29) is 0 Å². The number of methoxy groups -OCH3 is 1. The fourth-order valence-corrected chi connectivity index (χ4v) is 4.11. The van der Waals surface area contributed by atoms with E-state index in [1.807, 2.05) is 55.5 Å². The van der Waals surface area contributed by atoms with E-state index >= 15 is 0 Å². The smallest absolute Gasteiger partial charge is 0.161 e. The Bertz CT molecular complexity index is 1020. The number of rotatable bonds is 8. The Balaban J connectivity index is 1.49. The molecule has 0 radical (unpaired) electrons. The van der Waals surface area contributed by atoms with Gasteiger partial charge in [-0.25, -0.2) is 0 Å². The molecule has 0 saturated carbocycles. The molecule has 1 aliphatic rings. The van der Waals surface area contributed by atoms with Gasteiger partial charge in [0.05, 0.1) is 19.8 Å². The Morgan fingerprint density at radius 1 is 1.00 bits per heavy atom. The average Bonchev–Trinajstić information content (AvgIpc) is 3.01. The van der Waals surface area contributed by atoms with Gasteiger partial charge in [0.25, 0.3) is 0 Å². The lowest BCUT2D eigenvalue weighted by Crippen LogP contribution is -2.25. The van der Waals surface area contributed by atoms with E-state index in [0.717, 1.165) is 59.1 Å². The first kappa shape index (κ1) is 22.2. The molecular weight excluding hydrogens is 402 g/mol. The number of aliphatic hydroxyl groups is 1. The normalized spacial score (nSPS) is 14.7. The van der Waals surface area contributed by atoms with Crippen LogP contribution in [0.1, 0.15) is 35.3 Å². The van der Waals surface area contributed by atoms with Crippen LogP contribution in [0, 0.1) is 0 Å². The summed E-state index contributed by atoms with van der Waals surface area (Å²) in [5.41, 5.74) is 4.31. The quantitative estimate of drug-likeness (QED) is 0.555. The van der Waals surface area contributed by atoms with Gasteiger partial charge in [-0.15, -0.1) is 0 Å². The van der Waals surface area contributed by atoms with Crippen LogP contribution in [0.4, 0.5) is 0 Å². The molecule has 0 aliphatic carbocycles. The summed E-state index contributed by atoms with van der Waals surface area (Å²) in [5, 5.41) is 10.8. The van der Waals surface area contributed by atoms with Gasteiger partial charge < -0.3 is 19.3 Å². The van der Waals surface area contributed by atoms with Crippen molar-refractivity contribution >= 4 is 0 Å². The van der Waals surface area contributed by atoms with Crippen LogP contribution in [0.2, 0.25) is 0 Å². The standard InChI is InChI=1S/C27H31NO4/c1-3-31-27-16-21(9-11-26(27)30-2)18-28-13-14-32-25-12-10-22(17-23(25)19-28)24(29)15-20-7-5-4-6-8-20/h4-12,16-17,24,29H,3,13-15,18-19H2,1-2H3. The molecule has 1 N–H and O–H groups in total. The summed E-state index contributed by atoms with van der Waals surface area (Å²) in [6.45, 7) is 5.57. The second kappa shape index (κ2) is 10.5. The molecular formula is C27H31NO4. The summed E-state index contributed by atoms with van der Waals surface area (Å²) in [4.78, 5) is 2.36. The fourth-order valence-electron chi connectivity index (χ4n) is 4.11. The lowest BCUT2D eigenvalue weighted by Gasteiger charge is -2.21. The first-order valence-electron chi connectivity index (χ1n) is 11.2. The molecule has 1 heterocycles. The highest BCUT2D eigenvalue weighted by atomic mass is 16.5. The van der Waals surface area contributed by atoms with Crippen molar-refractivity contribution in [1.82, 2.24) is 4.90 Å². The van der Waals surface area contributed by atoms with Crippen molar-refractivity contribution in [2.45, 2.75) is 32.5 Å². The number of nitrogens with zero attached hydrogens (tertiary/aromatic N) is 1. The van der Waals surface area contributed by atoms with Crippen LogP contribution >= 0.6 is 0 Å². The number of hydrogen-bond donors (Lipinski definition) is 1. The zero-order valence-corrected chi connectivity index (χ0v) is 18.8. The highest BCUT2D eigenvalue weighted by Crippen LogP contribution is 2.31. The Kier molecular flexibility index (Phi) is 7.30. The third kappa shape index (κ3) is 5.42. The van der Waals surface area contributed by atoms with Crippen molar-refractivity contribution in [3.05, 3.63) is 89.0 Å². The maximum absolute atomic E-state index is 10.8. The average molecular weight is 434 g/mol. The molecule has 0 saturated heterocycles. The monoisotopic (exact) mass is 433 g/mol. The second-order valence-electron chi connectivity index (χ2n) is 8.05. The minimum Gasteiger partial charge on any atom is -0.493 e. The van der Waals surface area contributed by atoms with Crippen molar-refractivity contribution in [2.24, 2.45) is 0 Å². The lowest BCUT2D eigenvalue weighted by atomic mass is 9.99. The largest absolute Gasteiger partial charge is 0.493 e. The van der Waals surface area contributed by atoms with Crippen LogP contribution in [-0.2, 0) is 19.5 Å². The van der Waals surface area contributed by atoms with Crippen molar-refractivity contribution in [2.75, 3.05) is 26.9 Å². The number of benzene rings is 3. The van der Waals surface area contributed by atoms with Gasteiger partial charge in [0.2, 0.25) is 0 Å². The Hall–Kier alpha value is -3.02. The highest BCUT2D eigenvalue weighted by molar-refractivity contribution is 5.43. The van der Waals surface area contributed by atoms with Crippen LogP contribution in [0.15, 0.2) is 66.7 Å². The molecule has 3 aromatic carbocycles. The van der Waals surface area contributed by atoms with E-state index in [4.69, 9.17) is 14.2 Å². The van der Waals surface area contributed by atoms with E-state index in [1.54, 1.807) is 7.11 Å². The van der Waals surface area contributed by atoms with Crippen molar-refractivity contribution in [3.63, 3.8) is 0 Å². The van der Waals surface area contributed by atoms with Gasteiger partial charge >= 0.3 is 0 Å². The molecule has 0 amide bonds. The van der Waals surface area contributed by atoms with E-state index < -0.39 is 6.10 Å². The summed E-state index contributed by atoms with van der Waals surface area (Å²) in [6.07, 6.45) is 0.0470. The van der Waals surface area contributed by atoms with Crippen molar-refractivity contribution < 1.29 is 19.3 Å². The summed E-state index contributed by atoms with van der Waals surface area (Å²) in [5.74, 6) is 2.41. The molecule has 3 aromatic rings. The van der Waals surface area contributed by atoms with Crippen LogP contribution in [0.3, 0.4) is 0 Å². The third-order valence-electron chi connectivity index (χ3n) is 5.73. The zero-order valence-electron chi connectivity index (χ0n) is 18.8. The predicted molar refractivity (Wildman–Crippen MR) is 125 cm³/mol. The molecule has 5 heteroatoms. The van der Waals surface area contributed by atoms with Gasteiger partial charge in [0, 0.05) is 31.6 Å². The van der Waals surface area contributed by atoms with E-state index in [1.165, 1.54) is 0 Å². The Labute approximate surface area is 190 Å². The first-order valence-corrected chi connectivity index (χ1v) is 11.2. The van der Waals surface area contributed by atoms with Gasteiger partial charge in [0.15, 0.2) is 11.5 Å². The summed E-state index contributed by atoms with van der Waals surface area (Å²) in [7, 11) is 1.66. The van der Waals surface area contributed by atoms with Crippen LogP contribution in [-0.4, -0.2) is 36.9 Å². The SMILES string of the molecule is CCOc1cc(CN2CCOc3ccc(C(O)Cc4ccccc4)cc3C2)ccc1OC. The number of aliphatic hydroxyl groups excluding tert-OH is 1. The molecule has 0 fully saturated rings. The van der Waals surface area contributed by atoms with E-state index in [2.05, 4.69) is 23.1 Å². The molecule has 5 nitrogen and oxygen atoms in total. The van der Waals surface area contributed by atoms with Crippen LogP contribution in [0.5, 0.6) is 17.2 Å². The summed E-state index contributed by atoms with van der Waals surface area (Å²) >= 11 is 0. The minimum absolute atomic E-state index is 0.547. The van der Waals surface area contributed by atoms with Gasteiger partial charge in [-0.05, 0) is 47.9 Å². The molecule has 1 atom stereocenters. The summed E-state index contributed by atoms with van der Waals surface area (Å²) < 4.78 is 17.1. The minimum atomic E-state index is -0.547. The highest BCUT2D eigenvalue weighted by Gasteiger charge is 2.19. The van der Waals surface area contributed by atoms with E-state index in [9.17, 15) is 5.11 Å². The molecule has 1 aliphatic heterocycles.